The van der Waals surface area contributed by atoms with E-state index in [1.807, 2.05) is 24.6 Å². The Morgan fingerprint density at radius 2 is 1.96 bits per heavy atom. The van der Waals surface area contributed by atoms with Gasteiger partial charge in [0.25, 0.3) is 0 Å². The molecule has 0 saturated heterocycles. The summed E-state index contributed by atoms with van der Waals surface area (Å²) in [5, 5.41) is 5.93. The molecule has 2 aromatic heterocycles. The van der Waals surface area contributed by atoms with E-state index in [1.54, 1.807) is 16.2 Å². The van der Waals surface area contributed by atoms with Gasteiger partial charge in [-0.1, -0.05) is 42.4 Å². The molecule has 6 heteroatoms. The highest BCUT2D eigenvalue weighted by atomic mass is 32.1. The molecule has 0 saturated carbocycles. The van der Waals surface area contributed by atoms with Gasteiger partial charge in [-0.05, 0) is 29.0 Å². The molecule has 130 valence electrons. The normalized spacial score (nSPS) is 10.8. The first-order chi connectivity index (χ1) is 12.2. The highest BCUT2D eigenvalue weighted by molar-refractivity contribution is 7.13. The van der Waals surface area contributed by atoms with Crippen LogP contribution in [0.3, 0.4) is 0 Å². The van der Waals surface area contributed by atoms with E-state index in [0.717, 1.165) is 16.9 Å². The van der Waals surface area contributed by atoms with Crippen LogP contribution in [0.5, 0.6) is 0 Å². The Morgan fingerprint density at radius 1 is 1.20 bits per heavy atom. The second-order valence-electron chi connectivity index (χ2n) is 5.91. The first kappa shape index (κ1) is 17.4. The van der Waals surface area contributed by atoms with Crippen molar-refractivity contribution in [3.05, 3.63) is 58.8 Å². The van der Waals surface area contributed by atoms with Crippen molar-refractivity contribution in [2.75, 3.05) is 7.05 Å². The van der Waals surface area contributed by atoms with Gasteiger partial charge in [0.05, 0.1) is 4.88 Å². The third-order valence-electron chi connectivity index (χ3n) is 4.04. The van der Waals surface area contributed by atoms with Crippen molar-refractivity contribution in [1.82, 2.24) is 15.0 Å². The van der Waals surface area contributed by atoms with E-state index in [0.29, 0.717) is 31.1 Å². The molecule has 0 unspecified atom stereocenters. The number of hydrogen-bond acceptors (Lipinski definition) is 5. The molecule has 3 aromatic rings. The van der Waals surface area contributed by atoms with Crippen LogP contribution in [0.25, 0.3) is 10.7 Å². The van der Waals surface area contributed by atoms with Crippen LogP contribution in [0.1, 0.15) is 30.4 Å². The minimum Gasteiger partial charge on any atom is -0.341 e. The lowest BCUT2D eigenvalue weighted by Gasteiger charge is -2.17. The van der Waals surface area contributed by atoms with Crippen molar-refractivity contribution in [1.29, 1.82) is 0 Å². The fourth-order valence-corrected chi connectivity index (χ4v) is 3.16. The molecule has 1 amide bonds. The number of aromatic nitrogens is 2. The van der Waals surface area contributed by atoms with E-state index in [1.165, 1.54) is 5.56 Å². The van der Waals surface area contributed by atoms with Gasteiger partial charge in [-0.25, -0.2) is 0 Å². The summed E-state index contributed by atoms with van der Waals surface area (Å²) in [6, 6.07) is 12.3. The largest absolute Gasteiger partial charge is 0.341 e. The summed E-state index contributed by atoms with van der Waals surface area (Å²) in [5.41, 5.74) is 2.43. The average molecular weight is 355 g/mol. The van der Waals surface area contributed by atoms with E-state index >= 15 is 0 Å². The van der Waals surface area contributed by atoms with Gasteiger partial charge in [0, 0.05) is 26.4 Å². The van der Waals surface area contributed by atoms with Crippen LogP contribution in [0.2, 0.25) is 0 Å². The van der Waals surface area contributed by atoms with Gasteiger partial charge < -0.3 is 9.42 Å². The predicted molar refractivity (Wildman–Crippen MR) is 98.2 cm³/mol. The van der Waals surface area contributed by atoms with Crippen molar-refractivity contribution in [3.8, 4) is 10.7 Å². The second kappa shape index (κ2) is 8.07. The third kappa shape index (κ3) is 4.54. The Bertz CT molecular complexity index is 810. The van der Waals surface area contributed by atoms with Crippen molar-refractivity contribution in [2.24, 2.45) is 0 Å². The number of aryl methyl sites for hydroxylation is 2. The molecule has 0 aliphatic rings. The molecule has 0 spiro atoms. The van der Waals surface area contributed by atoms with Crippen molar-refractivity contribution in [2.45, 2.75) is 32.7 Å². The summed E-state index contributed by atoms with van der Waals surface area (Å²) in [5.74, 6) is 1.15. The number of carbonyl (C=O) groups is 1. The lowest BCUT2D eigenvalue weighted by Crippen LogP contribution is -2.26. The van der Waals surface area contributed by atoms with Crippen LogP contribution in [-0.4, -0.2) is 28.0 Å². The molecule has 0 atom stereocenters. The van der Waals surface area contributed by atoms with Crippen LogP contribution < -0.4 is 0 Å². The molecule has 0 radical (unpaired) electrons. The molecule has 25 heavy (non-hydrogen) atoms. The lowest BCUT2D eigenvalue weighted by molar-refractivity contribution is -0.130. The summed E-state index contributed by atoms with van der Waals surface area (Å²) >= 11 is 1.56. The quantitative estimate of drug-likeness (QED) is 0.644. The van der Waals surface area contributed by atoms with E-state index < -0.39 is 0 Å². The SMILES string of the molecule is CCc1ccc(CN(C)C(=O)CCc2nc(-c3cccs3)no2)cc1. The van der Waals surface area contributed by atoms with Crippen molar-refractivity contribution < 1.29 is 9.32 Å². The summed E-state index contributed by atoms with van der Waals surface area (Å²) in [7, 11) is 1.82. The molecule has 5 nitrogen and oxygen atoms in total. The lowest BCUT2D eigenvalue weighted by atomic mass is 10.1. The Morgan fingerprint density at radius 3 is 2.64 bits per heavy atom. The molecule has 0 aliphatic heterocycles. The number of rotatable bonds is 7. The Labute approximate surface area is 151 Å². The predicted octanol–water partition coefficient (Wildman–Crippen LogP) is 3.95. The highest BCUT2D eigenvalue weighted by Crippen LogP contribution is 2.21. The van der Waals surface area contributed by atoms with E-state index in [-0.39, 0.29) is 5.91 Å². The van der Waals surface area contributed by atoms with Crippen LogP contribution in [0.15, 0.2) is 46.3 Å². The van der Waals surface area contributed by atoms with Crippen LogP contribution >= 0.6 is 11.3 Å². The third-order valence-corrected chi connectivity index (χ3v) is 4.90. The number of nitrogens with zero attached hydrogens (tertiary/aromatic N) is 3. The first-order valence-electron chi connectivity index (χ1n) is 8.34. The minimum atomic E-state index is 0.0652. The number of hydrogen-bond donors (Lipinski definition) is 0. The zero-order valence-electron chi connectivity index (χ0n) is 14.4. The first-order valence-corrected chi connectivity index (χ1v) is 9.22. The Balaban J connectivity index is 1.51. The smallest absolute Gasteiger partial charge is 0.227 e. The fourth-order valence-electron chi connectivity index (χ4n) is 2.51. The molecule has 1 aromatic carbocycles. The summed E-state index contributed by atoms with van der Waals surface area (Å²) < 4.78 is 5.24. The number of benzene rings is 1. The summed E-state index contributed by atoms with van der Waals surface area (Å²) in [6.45, 7) is 2.74. The standard InChI is InChI=1S/C19H21N3O2S/c1-3-14-6-8-15(9-7-14)13-22(2)18(23)11-10-17-20-19(21-24-17)16-5-4-12-25-16/h4-9,12H,3,10-11,13H2,1-2H3. The second-order valence-corrected chi connectivity index (χ2v) is 6.86. The van der Waals surface area contributed by atoms with Crippen molar-refractivity contribution >= 4 is 17.2 Å². The fraction of sp³-hybridized carbons (Fsp3) is 0.316. The molecule has 0 N–H and O–H groups in total. The van der Waals surface area contributed by atoms with Gasteiger partial charge in [-0.15, -0.1) is 11.3 Å². The maximum absolute atomic E-state index is 12.3. The van der Waals surface area contributed by atoms with Crippen LogP contribution in [0.4, 0.5) is 0 Å². The zero-order valence-corrected chi connectivity index (χ0v) is 15.3. The molecular weight excluding hydrogens is 334 g/mol. The number of thiophene rings is 1. The van der Waals surface area contributed by atoms with Crippen LogP contribution in [0, 0.1) is 0 Å². The Hall–Kier alpha value is -2.47. The summed E-state index contributed by atoms with van der Waals surface area (Å²) in [6.07, 6.45) is 1.83. The highest BCUT2D eigenvalue weighted by Gasteiger charge is 2.14. The molecular formula is C19H21N3O2S. The summed E-state index contributed by atoms with van der Waals surface area (Å²) in [4.78, 5) is 19.4. The molecule has 2 heterocycles. The monoisotopic (exact) mass is 355 g/mol. The van der Waals surface area contributed by atoms with Gasteiger partial charge in [-0.2, -0.15) is 4.98 Å². The van der Waals surface area contributed by atoms with Gasteiger partial charge in [0.15, 0.2) is 0 Å². The van der Waals surface area contributed by atoms with Gasteiger partial charge in [-0.3, -0.25) is 4.79 Å². The molecule has 0 fully saturated rings. The van der Waals surface area contributed by atoms with Gasteiger partial charge in [0.1, 0.15) is 0 Å². The molecule has 3 rings (SSSR count). The topological polar surface area (TPSA) is 59.2 Å². The number of carbonyl (C=O) groups excluding carboxylic acids is 1. The average Bonchev–Trinajstić information content (AvgIpc) is 3.31. The zero-order chi connectivity index (χ0) is 17.6. The van der Waals surface area contributed by atoms with E-state index in [4.69, 9.17) is 4.52 Å². The minimum absolute atomic E-state index is 0.0652. The maximum Gasteiger partial charge on any atom is 0.227 e. The molecule has 0 aliphatic carbocycles. The Kier molecular flexibility index (Phi) is 5.60. The molecule has 0 bridgehead atoms. The van der Waals surface area contributed by atoms with Gasteiger partial charge in [0.2, 0.25) is 17.6 Å². The van der Waals surface area contributed by atoms with E-state index in [9.17, 15) is 4.79 Å². The van der Waals surface area contributed by atoms with E-state index in [2.05, 4.69) is 41.3 Å². The van der Waals surface area contributed by atoms with Crippen LogP contribution in [-0.2, 0) is 24.2 Å². The maximum atomic E-state index is 12.3. The van der Waals surface area contributed by atoms with Crippen molar-refractivity contribution in [3.63, 3.8) is 0 Å². The van der Waals surface area contributed by atoms with Gasteiger partial charge >= 0.3 is 0 Å². The number of amides is 1.